The lowest BCUT2D eigenvalue weighted by Gasteiger charge is -2.13. The Labute approximate surface area is 261 Å². The summed E-state index contributed by atoms with van der Waals surface area (Å²) in [6.45, 7) is 6.12. The third-order valence-corrected chi connectivity index (χ3v) is 9.35. The Hall–Kier alpha value is -5.86. The molecule has 0 aliphatic heterocycles. The fourth-order valence-corrected chi connectivity index (χ4v) is 7.41. The van der Waals surface area contributed by atoms with Crippen LogP contribution in [0.2, 0.25) is 0 Å². The van der Waals surface area contributed by atoms with Gasteiger partial charge in [-0.1, -0.05) is 110 Å². The van der Waals surface area contributed by atoms with E-state index in [0.29, 0.717) is 0 Å². The molecule has 7 aromatic carbocycles. The van der Waals surface area contributed by atoms with E-state index in [1.54, 1.807) is 0 Å². The maximum Gasteiger partial charge on any atom is 0.0562 e. The molecular weight excluding hydrogens is 544 g/mol. The highest BCUT2D eigenvalue weighted by Crippen LogP contribution is 2.42. The first-order valence-electron chi connectivity index (χ1n) is 15.5. The number of para-hydroxylation sites is 2. The lowest BCUT2D eigenvalue weighted by Crippen LogP contribution is -1.96. The second-order valence-corrected chi connectivity index (χ2v) is 11.8. The third-order valence-electron chi connectivity index (χ3n) is 9.35. The highest BCUT2D eigenvalue weighted by Gasteiger charge is 2.20. The van der Waals surface area contributed by atoms with Crippen LogP contribution in [-0.4, -0.2) is 9.13 Å². The van der Waals surface area contributed by atoms with Crippen molar-refractivity contribution in [3.8, 4) is 11.4 Å². The summed E-state index contributed by atoms with van der Waals surface area (Å²) in [4.78, 5) is 0. The van der Waals surface area contributed by atoms with E-state index in [4.69, 9.17) is 0 Å². The van der Waals surface area contributed by atoms with Crippen LogP contribution in [0.4, 0.5) is 0 Å². The molecule has 0 amide bonds. The van der Waals surface area contributed by atoms with Crippen molar-refractivity contribution in [2.75, 3.05) is 0 Å². The van der Waals surface area contributed by atoms with Crippen LogP contribution in [0, 0.1) is 0 Å². The lowest BCUT2D eigenvalue weighted by atomic mass is 9.98. The summed E-state index contributed by atoms with van der Waals surface area (Å²) in [6.07, 6.45) is 6.22. The second kappa shape index (κ2) is 9.83. The van der Waals surface area contributed by atoms with Gasteiger partial charge in [-0.3, -0.25) is 0 Å². The van der Waals surface area contributed by atoms with Gasteiger partial charge in [-0.2, -0.15) is 0 Å². The molecule has 45 heavy (non-hydrogen) atoms. The molecular formula is C43H30N2. The van der Waals surface area contributed by atoms with Crippen LogP contribution in [0.3, 0.4) is 0 Å². The standard InChI is InChI=1S/C43H30N2/c1-3-12-33-28(4-2)19-20-30-25-32(22-23-34(30)33)45-39-18-11-10-17-36(39)37-26-38-42(27-41(37)45)44(31-14-6-5-7-15-31)40-24-21-29-13-8-9-16-35(29)43(38)40/h3-27H,2H2,1H3/b12-3-. The number of hydrogen-bond donors (Lipinski definition) is 0. The van der Waals surface area contributed by atoms with E-state index in [1.165, 1.54) is 70.7 Å². The SMILES string of the molecule is C=Cc1ccc2cc(-n3c4ccccc4c4cc5c6c7ccccc7ccc6n(-c6ccccc6)c5cc43)ccc2c1/C=C\C. The van der Waals surface area contributed by atoms with E-state index >= 15 is 0 Å². The lowest BCUT2D eigenvalue weighted by molar-refractivity contribution is 1.17. The van der Waals surface area contributed by atoms with Gasteiger partial charge in [0, 0.05) is 32.9 Å². The van der Waals surface area contributed by atoms with Crippen molar-refractivity contribution in [1.82, 2.24) is 9.13 Å². The number of aromatic nitrogens is 2. The molecule has 9 rings (SSSR count). The highest BCUT2D eigenvalue weighted by molar-refractivity contribution is 6.25. The number of fused-ring (bicyclic) bond motifs is 9. The van der Waals surface area contributed by atoms with Gasteiger partial charge in [-0.05, 0) is 88.1 Å². The van der Waals surface area contributed by atoms with Crippen LogP contribution in [-0.2, 0) is 0 Å². The minimum absolute atomic E-state index is 1.15. The highest BCUT2D eigenvalue weighted by atomic mass is 15.0. The molecule has 212 valence electrons. The molecule has 0 unspecified atom stereocenters. The first kappa shape index (κ1) is 25.6. The molecule has 0 radical (unpaired) electrons. The molecule has 0 spiro atoms. The molecule has 2 heterocycles. The average molecular weight is 575 g/mol. The van der Waals surface area contributed by atoms with Crippen LogP contribution >= 0.6 is 0 Å². The average Bonchev–Trinajstić information content (AvgIpc) is 3.60. The van der Waals surface area contributed by atoms with Crippen molar-refractivity contribution in [1.29, 1.82) is 0 Å². The summed E-state index contributed by atoms with van der Waals surface area (Å²) >= 11 is 0. The Morgan fingerprint density at radius 3 is 2.07 bits per heavy atom. The van der Waals surface area contributed by atoms with Gasteiger partial charge in [0.05, 0.1) is 22.1 Å². The number of nitrogens with zero attached hydrogens (tertiary/aromatic N) is 2. The molecule has 2 nitrogen and oxygen atoms in total. The molecule has 0 saturated heterocycles. The minimum atomic E-state index is 1.15. The number of benzene rings is 7. The van der Waals surface area contributed by atoms with Crippen molar-refractivity contribution >= 4 is 77.3 Å². The summed E-state index contributed by atoms with van der Waals surface area (Å²) < 4.78 is 4.87. The van der Waals surface area contributed by atoms with Crippen LogP contribution < -0.4 is 0 Å². The Kier molecular flexibility index (Phi) is 5.60. The predicted octanol–water partition coefficient (Wildman–Crippen LogP) is 11.9. The summed E-state index contributed by atoms with van der Waals surface area (Å²) in [6, 6.07) is 48.9. The van der Waals surface area contributed by atoms with Crippen molar-refractivity contribution < 1.29 is 0 Å². The molecule has 9 aromatic rings. The fraction of sp³-hybridized carbons (Fsp3) is 0.0233. The van der Waals surface area contributed by atoms with E-state index in [1.807, 2.05) is 6.08 Å². The Balaban J connectivity index is 1.42. The van der Waals surface area contributed by atoms with Crippen LogP contribution in [0.15, 0.2) is 146 Å². The van der Waals surface area contributed by atoms with E-state index in [-0.39, 0.29) is 0 Å². The van der Waals surface area contributed by atoms with Crippen molar-refractivity contribution in [3.63, 3.8) is 0 Å². The van der Waals surface area contributed by atoms with Gasteiger partial charge in [0.2, 0.25) is 0 Å². The van der Waals surface area contributed by atoms with E-state index < -0.39 is 0 Å². The van der Waals surface area contributed by atoms with E-state index in [9.17, 15) is 0 Å². The smallest absolute Gasteiger partial charge is 0.0562 e. The van der Waals surface area contributed by atoms with E-state index in [0.717, 1.165) is 16.9 Å². The van der Waals surface area contributed by atoms with Gasteiger partial charge in [0.1, 0.15) is 0 Å². The maximum atomic E-state index is 4.05. The zero-order valence-electron chi connectivity index (χ0n) is 25.0. The summed E-state index contributed by atoms with van der Waals surface area (Å²) in [5.41, 5.74) is 9.50. The van der Waals surface area contributed by atoms with Crippen molar-refractivity contribution in [2.24, 2.45) is 0 Å². The fourth-order valence-electron chi connectivity index (χ4n) is 7.41. The van der Waals surface area contributed by atoms with Gasteiger partial charge < -0.3 is 9.13 Å². The summed E-state index contributed by atoms with van der Waals surface area (Å²) in [7, 11) is 0. The number of rotatable bonds is 4. The van der Waals surface area contributed by atoms with Gasteiger partial charge in [0.25, 0.3) is 0 Å². The molecule has 0 aliphatic carbocycles. The van der Waals surface area contributed by atoms with Gasteiger partial charge in [-0.25, -0.2) is 0 Å². The summed E-state index contributed by atoms with van der Waals surface area (Å²) in [5, 5.41) is 10.1. The van der Waals surface area contributed by atoms with Crippen LogP contribution in [0.5, 0.6) is 0 Å². The Morgan fingerprint density at radius 2 is 1.22 bits per heavy atom. The predicted molar refractivity (Wildman–Crippen MR) is 195 cm³/mol. The normalized spacial score (nSPS) is 12.1. The molecule has 0 atom stereocenters. The molecule has 2 aromatic heterocycles. The first-order chi connectivity index (χ1) is 22.2. The minimum Gasteiger partial charge on any atom is -0.309 e. The van der Waals surface area contributed by atoms with Gasteiger partial charge in [-0.15, -0.1) is 0 Å². The first-order valence-corrected chi connectivity index (χ1v) is 15.5. The molecule has 0 bridgehead atoms. The Morgan fingerprint density at radius 1 is 0.489 bits per heavy atom. The number of hydrogen-bond acceptors (Lipinski definition) is 0. The number of allylic oxidation sites excluding steroid dienone is 1. The largest absolute Gasteiger partial charge is 0.309 e. The van der Waals surface area contributed by atoms with E-state index in [2.05, 4.69) is 168 Å². The molecule has 0 fully saturated rings. The quantitative estimate of drug-likeness (QED) is 0.198. The molecule has 2 heteroatoms. The molecule has 0 saturated carbocycles. The van der Waals surface area contributed by atoms with Gasteiger partial charge >= 0.3 is 0 Å². The van der Waals surface area contributed by atoms with Crippen molar-refractivity contribution in [2.45, 2.75) is 6.92 Å². The Bertz CT molecular complexity index is 2660. The zero-order valence-corrected chi connectivity index (χ0v) is 25.0. The summed E-state index contributed by atoms with van der Waals surface area (Å²) in [5.74, 6) is 0. The van der Waals surface area contributed by atoms with Crippen molar-refractivity contribution in [3.05, 3.63) is 157 Å². The molecule has 0 aliphatic rings. The second-order valence-electron chi connectivity index (χ2n) is 11.8. The maximum absolute atomic E-state index is 4.05. The van der Waals surface area contributed by atoms with Crippen LogP contribution in [0.1, 0.15) is 18.1 Å². The van der Waals surface area contributed by atoms with Gasteiger partial charge in [0.15, 0.2) is 0 Å². The monoisotopic (exact) mass is 574 g/mol. The third kappa shape index (κ3) is 3.69. The zero-order chi connectivity index (χ0) is 30.1. The topological polar surface area (TPSA) is 9.86 Å². The molecule has 0 N–H and O–H groups in total. The van der Waals surface area contributed by atoms with Crippen LogP contribution in [0.25, 0.3) is 88.7 Å².